The number of carbonyl (C=O) groups is 1. The van der Waals surface area contributed by atoms with Crippen molar-refractivity contribution < 1.29 is 14.3 Å². The van der Waals surface area contributed by atoms with E-state index >= 15 is 4.79 Å². The van der Waals surface area contributed by atoms with E-state index in [0.717, 1.165) is 43.6 Å². The quantitative estimate of drug-likeness (QED) is 0.107. The van der Waals surface area contributed by atoms with Crippen LogP contribution in [0.1, 0.15) is 0 Å². The van der Waals surface area contributed by atoms with Gasteiger partial charge in [0.15, 0.2) is 17.1 Å². The molecule has 64 heavy (non-hydrogen) atoms. The number of aromatic nitrogens is 8. The lowest BCUT2D eigenvalue weighted by molar-refractivity contribution is -0.131. The number of ketones is 1. The number of fused-ring (bicyclic) bond motifs is 2. The first kappa shape index (κ1) is 42.3. The number of pyridine rings is 2. The molecule has 15 nitrogen and oxygen atoms in total. The zero-order valence-corrected chi connectivity index (χ0v) is 38.3. The van der Waals surface area contributed by atoms with Crippen LogP contribution in [0.2, 0.25) is 10.0 Å². The van der Waals surface area contributed by atoms with E-state index in [4.69, 9.17) is 52.8 Å². The van der Waals surface area contributed by atoms with Crippen LogP contribution in [-0.2, 0) is 17.9 Å². The predicted molar refractivity (Wildman–Crippen MR) is 253 cm³/mol. The van der Waals surface area contributed by atoms with Gasteiger partial charge < -0.3 is 19.3 Å². The van der Waals surface area contributed by atoms with Crippen molar-refractivity contribution in [1.29, 1.82) is 0 Å². The van der Waals surface area contributed by atoms with Crippen LogP contribution in [0.5, 0.6) is 11.5 Å². The number of nitrogens with zero attached hydrogens (tertiary/aromatic N) is 12. The van der Waals surface area contributed by atoms with E-state index in [1.54, 1.807) is 39.0 Å². The average Bonchev–Trinajstić information content (AvgIpc) is 4.18. The van der Waals surface area contributed by atoms with Crippen LogP contribution in [0.3, 0.4) is 0 Å². The summed E-state index contributed by atoms with van der Waals surface area (Å²) in [6.07, 6.45) is 7.11. The molecular formula is C45H44Cl2N12O3S2. The Balaban J connectivity index is 1.02. The van der Waals surface area contributed by atoms with Gasteiger partial charge in [-0.15, -0.1) is 22.7 Å². The molecule has 328 valence electrons. The lowest BCUT2D eigenvalue weighted by Crippen LogP contribution is -2.61. The molecule has 0 saturated carbocycles. The van der Waals surface area contributed by atoms with Crippen LogP contribution in [-0.4, -0.2) is 134 Å². The normalized spacial score (nSPS) is 16.1. The summed E-state index contributed by atoms with van der Waals surface area (Å²) in [6.45, 7) is 5.86. The zero-order valence-electron chi connectivity index (χ0n) is 35.1. The second-order valence-corrected chi connectivity index (χ2v) is 18.2. The minimum atomic E-state index is -0.576. The van der Waals surface area contributed by atoms with Crippen LogP contribution < -0.4 is 19.3 Å². The molecular weight excluding hydrogens is 892 g/mol. The van der Waals surface area contributed by atoms with Gasteiger partial charge in [0.2, 0.25) is 0 Å². The fraction of sp³-hybridized carbons (Fsp3) is 0.311. The van der Waals surface area contributed by atoms with Crippen molar-refractivity contribution in [3.8, 4) is 32.9 Å². The summed E-state index contributed by atoms with van der Waals surface area (Å²) in [5.41, 5.74) is 4.94. The summed E-state index contributed by atoms with van der Waals surface area (Å²) in [5.74, 6) is 1.33. The molecule has 6 aromatic heterocycles. The van der Waals surface area contributed by atoms with E-state index in [2.05, 4.69) is 29.6 Å². The van der Waals surface area contributed by atoms with E-state index < -0.39 is 12.1 Å². The average molecular weight is 936 g/mol. The lowest BCUT2D eigenvalue weighted by atomic mass is 9.99. The highest BCUT2D eigenvalue weighted by atomic mass is 35.5. The zero-order chi connectivity index (χ0) is 43.7. The largest absolute Gasteiger partial charge is 0.495 e. The molecule has 0 aliphatic carbocycles. The molecule has 2 atom stereocenters. The Hall–Kier alpha value is -5.69. The topological polar surface area (TPSA) is 136 Å². The van der Waals surface area contributed by atoms with Gasteiger partial charge in [0.1, 0.15) is 32.9 Å². The third-order valence-electron chi connectivity index (χ3n) is 12.1. The van der Waals surface area contributed by atoms with Gasteiger partial charge in [-0.3, -0.25) is 14.6 Å². The number of rotatable bonds is 14. The number of halogens is 2. The molecule has 8 heterocycles. The number of anilines is 2. The highest BCUT2D eigenvalue weighted by molar-refractivity contribution is 7.13. The number of Topliss-reactive ketones (excluding diaryl/α,β-unsaturated/α-hetero) is 1. The molecule has 2 fully saturated rings. The molecule has 19 heteroatoms. The van der Waals surface area contributed by atoms with Crippen molar-refractivity contribution in [2.24, 2.45) is 0 Å². The SMILES string of the molecule is COc1cc(N2CCN(C(Cn3nc(-c4nccs4)c4cccnc43)C(=O)C(Cn3nc(-c4nccs4)c4cccnc43)N3CCN(c4ccc(Cl)c(OC)c4)CC3)CC2)ccc1Cl. The number of benzene rings is 2. The molecule has 8 aromatic rings. The van der Waals surface area contributed by atoms with Gasteiger partial charge in [-0.25, -0.2) is 29.3 Å². The van der Waals surface area contributed by atoms with Gasteiger partial charge in [0, 0.05) is 122 Å². The van der Waals surface area contributed by atoms with Gasteiger partial charge in [-0.2, -0.15) is 10.2 Å². The number of hydrogen-bond donors (Lipinski definition) is 0. The molecule has 2 aliphatic heterocycles. The van der Waals surface area contributed by atoms with Crippen molar-refractivity contribution in [2.75, 3.05) is 76.4 Å². The van der Waals surface area contributed by atoms with E-state index in [0.29, 0.717) is 85.2 Å². The number of thiazole rings is 2. The smallest absolute Gasteiger partial charge is 0.170 e. The first-order chi connectivity index (χ1) is 31.4. The predicted octanol–water partition coefficient (Wildman–Crippen LogP) is 7.40. The van der Waals surface area contributed by atoms with Gasteiger partial charge in [0.05, 0.1) is 49.4 Å². The fourth-order valence-electron chi connectivity index (χ4n) is 8.86. The molecule has 2 unspecified atom stereocenters. The summed E-state index contributed by atoms with van der Waals surface area (Å²) < 4.78 is 14.9. The number of ether oxygens (including phenoxy) is 2. The van der Waals surface area contributed by atoms with E-state index in [1.165, 1.54) is 22.7 Å². The maximum atomic E-state index is 16.0. The molecule has 10 rings (SSSR count). The Kier molecular flexibility index (Phi) is 12.2. The summed E-state index contributed by atoms with van der Waals surface area (Å²) in [7, 11) is 3.25. The van der Waals surface area contributed by atoms with Gasteiger partial charge in [0.25, 0.3) is 0 Å². The van der Waals surface area contributed by atoms with Crippen molar-refractivity contribution >= 4 is 85.1 Å². The monoisotopic (exact) mass is 934 g/mol. The lowest BCUT2D eigenvalue weighted by Gasteiger charge is -2.43. The Labute approximate surface area is 387 Å². The van der Waals surface area contributed by atoms with Gasteiger partial charge >= 0.3 is 0 Å². The van der Waals surface area contributed by atoms with Gasteiger partial charge in [-0.05, 0) is 48.5 Å². The van der Waals surface area contributed by atoms with Crippen LogP contribution >= 0.6 is 45.9 Å². The number of methoxy groups -OCH3 is 2. The Bertz CT molecular complexity index is 2700. The standard InChI is InChI=1S/C45H44Cl2N12O3S2/c1-61-37-25-29(7-9-33(37)46)54-15-19-56(20-16-54)35(27-58-42-31(5-3-11-48-42)39(52-58)44-50-13-23-63-44)41(60)36(57-21-17-55(18-22-57)30-8-10-34(47)38(26-30)62-2)28-59-43-32(6-4-12-49-43)40(53-59)45-51-14-24-64-45/h3-14,23-26,35-36H,15-22,27-28H2,1-2H3. The van der Waals surface area contributed by atoms with Crippen LogP contribution in [0.4, 0.5) is 11.4 Å². The molecule has 2 aliphatic rings. The van der Waals surface area contributed by atoms with Crippen LogP contribution in [0, 0.1) is 0 Å². The Morgan fingerprint density at radius 2 is 1.05 bits per heavy atom. The van der Waals surface area contributed by atoms with Crippen molar-refractivity contribution in [3.05, 3.63) is 106 Å². The maximum Gasteiger partial charge on any atom is 0.170 e. The molecule has 0 N–H and O–H groups in total. The third kappa shape index (κ3) is 8.27. The second-order valence-electron chi connectivity index (χ2n) is 15.6. The molecule has 0 amide bonds. The highest BCUT2D eigenvalue weighted by Gasteiger charge is 2.39. The number of carbonyl (C=O) groups excluding carboxylic acids is 1. The van der Waals surface area contributed by atoms with Crippen molar-refractivity contribution in [1.82, 2.24) is 49.3 Å². The summed E-state index contributed by atoms with van der Waals surface area (Å²) in [4.78, 5) is 44.1. The Morgan fingerprint density at radius 3 is 1.44 bits per heavy atom. The highest BCUT2D eigenvalue weighted by Crippen LogP contribution is 2.34. The summed E-state index contributed by atoms with van der Waals surface area (Å²) in [5, 5.41) is 18.7. The minimum Gasteiger partial charge on any atom is -0.495 e. The summed E-state index contributed by atoms with van der Waals surface area (Å²) >= 11 is 15.9. The molecule has 2 aromatic carbocycles. The minimum absolute atomic E-state index is 0.0778. The van der Waals surface area contributed by atoms with E-state index in [9.17, 15) is 0 Å². The van der Waals surface area contributed by atoms with Gasteiger partial charge in [-0.1, -0.05) is 23.2 Å². The molecule has 2 saturated heterocycles. The van der Waals surface area contributed by atoms with Crippen molar-refractivity contribution in [3.63, 3.8) is 0 Å². The molecule has 0 spiro atoms. The Morgan fingerprint density at radius 1 is 0.609 bits per heavy atom. The molecule has 0 radical (unpaired) electrons. The number of hydrogen-bond acceptors (Lipinski definition) is 15. The van der Waals surface area contributed by atoms with Crippen LogP contribution in [0.15, 0.2) is 96.2 Å². The second kappa shape index (κ2) is 18.4. The third-order valence-corrected chi connectivity index (χ3v) is 14.3. The van der Waals surface area contributed by atoms with E-state index in [1.807, 2.05) is 80.8 Å². The van der Waals surface area contributed by atoms with Crippen molar-refractivity contribution in [2.45, 2.75) is 25.2 Å². The number of piperazine rings is 2. The summed E-state index contributed by atoms with van der Waals surface area (Å²) in [6, 6.07) is 18.4. The van der Waals surface area contributed by atoms with E-state index in [-0.39, 0.29) is 18.9 Å². The fourth-order valence-corrected chi connectivity index (χ4v) is 10.5. The first-order valence-electron chi connectivity index (χ1n) is 21.0. The first-order valence-corrected chi connectivity index (χ1v) is 23.5. The van der Waals surface area contributed by atoms with Crippen LogP contribution in [0.25, 0.3) is 43.5 Å². The maximum absolute atomic E-state index is 16.0. The molecule has 0 bridgehead atoms.